The Morgan fingerprint density at radius 3 is 1.50 bits per heavy atom. The van der Waals surface area contributed by atoms with Gasteiger partial charge in [-0.2, -0.15) is 0 Å². The molecule has 11 rings (SSSR count). The molecule has 0 spiro atoms. The van der Waals surface area contributed by atoms with E-state index in [0.29, 0.717) is 0 Å². The number of rotatable bonds is 9. The van der Waals surface area contributed by atoms with E-state index in [9.17, 15) is 0 Å². The van der Waals surface area contributed by atoms with Crippen molar-refractivity contribution in [2.45, 2.75) is 96.8 Å². The van der Waals surface area contributed by atoms with Crippen molar-refractivity contribution >= 4 is 57.1 Å². The second kappa shape index (κ2) is 17.6. The number of hydrogen-bond donors (Lipinski definition) is 0. The Morgan fingerprint density at radius 2 is 0.917 bits per heavy atom. The van der Waals surface area contributed by atoms with Crippen LogP contribution in [0.15, 0.2) is 212 Å². The zero-order valence-corrected chi connectivity index (χ0v) is 43.6. The zero-order valence-electron chi connectivity index (χ0n) is 43.6. The number of fused-ring (bicyclic) bond motifs is 3. The lowest BCUT2D eigenvalue weighted by molar-refractivity contribution is 0.403. The van der Waals surface area contributed by atoms with Crippen LogP contribution in [-0.4, -0.2) is 0 Å². The van der Waals surface area contributed by atoms with E-state index < -0.39 is 0 Å². The molecule has 0 atom stereocenters. The van der Waals surface area contributed by atoms with Gasteiger partial charge in [0, 0.05) is 39.7 Å². The highest BCUT2D eigenvalue weighted by atomic mass is 15.2. The normalized spacial score (nSPS) is 17.9. The average Bonchev–Trinajstić information content (AvgIpc) is 3.67. The fraction of sp³-hybridized carbons (Fsp3) is 0.217. The third-order valence-electron chi connectivity index (χ3n) is 15.8. The van der Waals surface area contributed by atoms with Crippen molar-refractivity contribution in [1.29, 1.82) is 0 Å². The molecule has 358 valence electrons. The van der Waals surface area contributed by atoms with Crippen LogP contribution < -0.4 is 14.7 Å². The first-order valence-electron chi connectivity index (χ1n) is 25.8. The van der Waals surface area contributed by atoms with Gasteiger partial charge in [0.05, 0.1) is 17.1 Å². The van der Waals surface area contributed by atoms with Gasteiger partial charge in [0.15, 0.2) is 0 Å². The van der Waals surface area contributed by atoms with Crippen molar-refractivity contribution in [1.82, 2.24) is 0 Å². The Labute approximate surface area is 429 Å². The molecule has 8 aromatic rings. The minimum atomic E-state index is -0.0172. The summed E-state index contributed by atoms with van der Waals surface area (Å²) in [4.78, 5) is 7.39. The van der Waals surface area contributed by atoms with Crippen molar-refractivity contribution < 1.29 is 0 Å². The fourth-order valence-electron chi connectivity index (χ4n) is 12.9. The van der Waals surface area contributed by atoms with E-state index in [1.165, 1.54) is 44.6 Å². The van der Waals surface area contributed by atoms with Crippen molar-refractivity contribution in [3.63, 3.8) is 0 Å². The molecule has 3 aliphatic rings. The molecule has 0 aromatic heterocycles. The quantitative estimate of drug-likeness (QED) is 0.143. The van der Waals surface area contributed by atoms with Gasteiger partial charge in [0.2, 0.25) is 0 Å². The number of hydrogen-bond acceptors (Lipinski definition) is 3. The zero-order chi connectivity index (χ0) is 50.2. The summed E-state index contributed by atoms with van der Waals surface area (Å²) < 4.78 is 0. The monoisotopic (exact) mass is 938 g/mol. The van der Waals surface area contributed by atoms with E-state index in [0.717, 1.165) is 75.1 Å². The molecule has 0 saturated carbocycles. The van der Waals surface area contributed by atoms with Crippen molar-refractivity contribution in [3.05, 3.63) is 251 Å². The van der Waals surface area contributed by atoms with Gasteiger partial charge in [-0.05, 0) is 170 Å². The van der Waals surface area contributed by atoms with Gasteiger partial charge in [-0.15, -0.1) is 0 Å². The molecule has 1 aliphatic heterocycles. The van der Waals surface area contributed by atoms with Crippen molar-refractivity contribution in [2.24, 2.45) is 0 Å². The Kier molecular flexibility index (Phi) is 11.4. The van der Waals surface area contributed by atoms with E-state index in [-0.39, 0.29) is 21.7 Å². The van der Waals surface area contributed by atoms with Gasteiger partial charge in [-0.3, -0.25) is 0 Å². The largest absolute Gasteiger partial charge is 0.310 e. The number of benzene rings is 8. The first-order chi connectivity index (χ1) is 34.5. The van der Waals surface area contributed by atoms with Gasteiger partial charge in [-0.25, -0.2) is 0 Å². The third kappa shape index (κ3) is 8.29. The highest BCUT2D eigenvalue weighted by Crippen LogP contribution is 2.56. The van der Waals surface area contributed by atoms with Crippen LogP contribution in [0, 0.1) is 6.92 Å². The van der Waals surface area contributed by atoms with Gasteiger partial charge >= 0.3 is 0 Å². The number of allylic oxidation sites excluding steroid dienone is 3. The smallest absolute Gasteiger partial charge is 0.0576 e. The van der Waals surface area contributed by atoms with E-state index in [4.69, 9.17) is 6.58 Å². The molecule has 2 aliphatic carbocycles. The van der Waals surface area contributed by atoms with Crippen LogP contribution in [0.1, 0.15) is 107 Å². The Hall–Kier alpha value is -7.62. The summed E-state index contributed by atoms with van der Waals surface area (Å²) in [6.45, 7) is 26.6. The van der Waals surface area contributed by atoms with Crippen LogP contribution in [0.4, 0.5) is 45.5 Å². The lowest BCUT2D eigenvalue weighted by Gasteiger charge is -2.37. The summed E-state index contributed by atoms with van der Waals surface area (Å²) in [6.07, 6.45) is 9.03. The molecule has 0 bridgehead atoms. The minimum Gasteiger partial charge on any atom is -0.310 e. The van der Waals surface area contributed by atoms with E-state index >= 15 is 0 Å². The van der Waals surface area contributed by atoms with Crippen LogP contribution in [0.2, 0.25) is 0 Å². The SMILES string of the molecule is C=C1/C=C\C(c2ccccc2)=C/c2c(cc(N(c3ccccc3)c3ccccc3)cc2N(c2ccc3c(c2)C(C)(C)CC3(C)C)c2cc3c(cc2C)C(C)(C)CC3(C)C)N1c1ccc(-c2ccccc2)cc1. The molecule has 0 fully saturated rings. The van der Waals surface area contributed by atoms with Crippen LogP contribution in [-0.2, 0) is 21.7 Å². The minimum absolute atomic E-state index is 0.0147. The highest BCUT2D eigenvalue weighted by molar-refractivity contribution is 6.02. The van der Waals surface area contributed by atoms with E-state index in [1.807, 2.05) is 0 Å². The predicted molar refractivity (Wildman–Crippen MR) is 308 cm³/mol. The molecule has 0 amide bonds. The predicted octanol–water partition coefficient (Wildman–Crippen LogP) is 19.3. The van der Waals surface area contributed by atoms with E-state index in [1.54, 1.807) is 0 Å². The first kappa shape index (κ1) is 46.7. The molecule has 0 N–H and O–H groups in total. The number of anilines is 8. The van der Waals surface area contributed by atoms with Crippen LogP contribution >= 0.6 is 0 Å². The maximum atomic E-state index is 4.90. The Balaban J connectivity index is 1.28. The van der Waals surface area contributed by atoms with Crippen LogP contribution in [0.5, 0.6) is 0 Å². The molecular formula is C69H67N3. The first-order valence-corrected chi connectivity index (χ1v) is 25.8. The molecule has 0 radical (unpaired) electrons. The highest BCUT2D eigenvalue weighted by Gasteiger charge is 2.44. The average molecular weight is 938 g/mol. The van der Waals surface area contributed by atoms with Gasteiger partial charge in [0.25, 0.3) is 0 Å². The van der Waals surface area contributed by atoms with Crippen molar-refractivity contribution in [3.8, 4) is 11.1 Å². The van der Waals surface area contributed by atoms with Gasteiger partial charge < -0.3 is 14.7 Å². The maximum absolute atomic E-state index is 4.90. The Morgan fingerprint density at radius 1 is 0.417 bits per heavy atom. The maximum Gasteiger partial charge on any atom is 0.0576 e. The summed E-state index contributed by atoms with van der Waals surface area (Å²) in [5.41, 5.74) is 22.3. The summed E-state index contributed by atoms with van der Waals surface area (Å²) in [6, 6.07) is 69.3. The van der Waals surface area contributed by atoms with Crippen LogP contribution in [0.3, 0.4) is 0 Å². The number of aryl methyl sites for hydroxylation is 1. The summed E-state index contributed by atoms with van der Waals surface area (Å²) >= 11 is 0. The summed E-state index contributed by atoms with van der Waals surface area (Å²) in [5.74, 6) is 0. The third-order valence-corrected chi connectivity index (χ3v) is 15.8. The lowest BCUT2D eigenvalue weighted by atomic mass is 9.82. The second-order valence-electron chi connectivity index (χ2n) is 23.1. The lowest BCUT2D eigenvalue weighted by Crippen LogP contribution is -2.22. The number of para-hydroxylation sites is 2. The fourth-order valence-corrected chi connectivity index (χ4v) is 12.9. The molecule has 72 heavy (non-hydrogen) atoms. The molecule has 3 nitrogen and oxygen atoms in total. The molecule has 1 heterocycles. The summed E-state index contributed by atoms with van der Waals surface area (Å²) in [5, 5.41) is 0. The second-order valence-corrected chi connectivity index (χ2v) is 23.1. The van der Waals surface area contributed by atoms with Crippen molar-refractivity contribution in [2.75, 3.05) is 14.7 Å². The summed E-state index contributed by atoms with van der Waals surface area (Å²) in [7, 11) is 0. The molecule has 0 saturated heterocycles. The Bertz CT molecular complexity index is 3370. The number of nitrogens with zero attached hydrogens (tertiary/aromatic N) is 3. The molecule has 0 unspecified atom stereocenters. The van der Waals surface area contributed by atoms with E-state index in [2.05, 4.69) is 283 Å². The molecular weight excluding hydrogens is 871 g/mol. The van der Waals surface area contributed by atoms with Gasteiger partial charge in [0.1, 0.15) is 0 Å². The standard InChI is InChI=1S/C69H67N3/c1-47-39-60-62(69(9,10)46-67(60,5)6)44-63(47)72(56-37-38-59-61(41-56)68(7,8)45-66(59,3)4)65-43-57(71(53-27-19-13-20-28-53)54-29-21-14-22-30-54)42-64-58(65)40-52(50-25-17-12-18-26-50)32-31-48(2)70(64)55-35-33-51(34-36-55)49-23-15-11-16-24-49/h11-44H,2,45-46H2,1,3-10H3/b32-31-,52-40+. The molecule has 3 heteroatoms. The molecule has 8 aromatic carbocycles. The topological polar surface area (TPSA) is 9.72 Å². The van der Waals surface area contributed by atoms with Gasteiger partial charge in [-0.1, -0.05) is 189 Å². The van der Waals surface area contributed by atoms with Crippen LogP contribution in [0.25, 0.3) is 22.8 Å².